The Hall–Kier alpha value is -2.38. The summed E-state index contributed by atoms with van der Waals surface area (Å²) in [6.45, 7) is 6.78. The summed E-state index contributed by atoms with van der Waals surface area (Å²) in [6.07, 6.45) is 1.30. The lowest BCUT2D eigenvalue weighted by atomic mass is 9.94. The van der Waals surface area contributed by atoms with Crippen molar-refractivity contribution in [2.45, 2.75) is 39.4 Å². The zero-order valence-corrected chi connectivity index (χ0v) is 16.4. The van der Waals surface area contributed by atoms with Gasteiger partial charge in [-0.05, 0) is 34.4 Å². The van der Waals surface area contributed by atoms with Crippen LogP contribution >= 0.6 is 0 Å². The summed E-state index contributed by atoms with van der Waals surface area (Å²) < 4.78 is 0. The van der Waals surface area contributed by atoms with E-state index in [0.29, 0.717) is 17.4 Å². The fraction of sp³-hybridized carbons (Fsp3) is 0.308. The molecule has 0 heterocycles. The molecular weight excluding hydrogens is 326 g/mol. The van der Waals surface area contributed by atoms with Crippen LogP contribution in [-0.2, 0) is 13.1 Å². The highest BCUT2D eigenvalue weighted by atomic mass is 15.2. The normalized spacial score (nSPS) is 19.0. The molecule has 1 fully saturated rings. The van der Waals surface area contributed by atoms with E-state index in [1.807, 2.05) is 0 Å². The molecule has 0 aromatic heterocycles. The summed E-state index contributed by atoms with van der Waals surface area (Å²) in [6, 6.07) is 33.3. The predicted molar refractivity (Wildman–Crippen MR) is 113 cm³/mol. The highest BCUT2D eigenvalue weighted by Crippen LogP contribution is 2.59. The van der Waals surface area contributed by atoms with Crippen LogP contribution in [0.25, 0.3) is 0 Å². The van der Waals surface area contributed by atoms with Gasteiger partial charge in [-0.15, -0.1) is 0 Å². The quantitative estimate of drug-likeness (QED) is 0.469. The van der Waals surface area contributed by atoms with Gasteiger partial charge in [-0.3, -0.25) is 4.90 Å². The zero-order chi connectivity index (χ0) is 18.7. The topological polar surface area (TPSA) is 3.24 Å². The van der Waals surface area contributed by atoms with E-state index in [1.54, 1.807) is 0 Å². The van der Waals surface area contributed by atoms with Gasteiger partial charge in [0.15, 0.2) is 0 Å². The molecule has 3 aromatic carbocycles. The van der Waals surface area contributed by atoms with Crippen LogP contribution in [0.1, 0.15) is 43.0 Å². The molecule has 4 rings (SSSR count). The van der Waals surface area contributed by atoms with Crippen molar-refractivity contribution >= 4 is 0 Å². The van der Waals surface area contributed by atoms with E-state index in [2.05, 4.69) is 110 Å². The first kappa shape index (κ1) is 18.0. The number of nitrogens with zero attached hydrogens (tertiary/aromatic N) is 1. The average molecular weight is 356 g/mol. The maximum atomic E-state index is 2.68. The molecule has 0 radical (unpaired) electrons. The van der Waals surface area contributed by atoms with Crippen molar-refractivity contribution in [3.8, 4) is 0 Å². The molecular formula is C26H29N. The lowest BCUT2D eigenvalue weighted by Gasteiger charge is -2.34. The molecule has 0 spiro atoms. The minimum absolute atomic E-state index is 0.423. The molecule has 1 aliphatic carbocycles. The van der Waals surface area contributed by atoms with Crippen LogP contribution in [0.3, 0.4) is 0 Å². The Morgan fingerprint density at radius 2 is 1.15 bits per heavy atom. The standard InChI is InChI=1S/C26H29N/c1-26(2)18-24(26)25(23-16-10-5-11-17-23)27(19-21-12-6-3-7-13-21)20-22-14-8-4-9-15-22/h3-17,24-25H,18-20H2,1-2H3/t24-,25+/m0/s1. The van der Waals surface area contributed by atoms with Crippen molar-refractivity contribution in [2.75, 3.05) is 0 Å². The van der Waals surface area contributed by atoms with Gasteiger partial charge in [-0.1, -0.05) is 105 Å². The SMILES string of the molecule is CC1(C)C[C@H]1[C@@H](c1ccccc1)N(Cc1ccccc1)Cc1ccccc1. The van der Waals surface area contributed by atoms with Gasteiger partial charge in [-0.25, -0.2) is 0 Å². The Bertz CT molecular complexity index is 798. The maximum absolute atomic E-state index is 2.68. The Morgan fingerprint density at radius 1 is 0.741 bits per heavy atom. The van der Waals surface area contributed by atoms with E-state index < -0.39 is 0 Å². The minimum atomic E-state index is 0.423. The molecule has 0 N–H and O–H groups in total. The molecule has 0 saturated heterocycles. The highest BCUT2D eigenvalue weighted by Gasteiger charge is 2.52. The van der Waals surface area contributed by atoms with Gasteiger partial charge in [0.25, 0.3) is 0 Å². The van der Waals surface area contributed by atoms with Gasteiger partial charge in [0, 0.05) is 19.1 Å². The van der Waals surface area contributed by atoms with Gasteiger partial charge in [0.05, 0.1) is 0 Å². The Labute approximate surface area is 163 Å². The summed E-state index contributed by atoms with van der Waals surface area (Å²) in [4.78, 5) is 2.68. The Morgan fingerprint density at radius 3 is 1.56 bits per heavy atom. The third kappa shape index (κ3) is 4.31. The van der Waals surface area contributed by atoms with E-state index in [0.717, 1.165) is 13.1 Å². The van der Waals surface area contributed by atoms with Gasteiger partial charge >= 0.3 is 0 Å². The Balaban J connectivity index is 1.69. The smallest absolute Gasteiger partial charge is 0.0388 e. The summed E-state index contributed by atoms with van der Waals surface area (Å²) in [7, 11) is 0. The molecule has 138 valence electrons. The second-order valence-corrected chi connectivity index (χ2v) is 8.53. The molecule has 1 nitrogen and oxygen atoms in total. The fourth-order valence-corrected chi connectivity index (χ4v) is 4.28. The molecule has 3 aromatic rings. The molecule has 1 heteroatoms. The molecule has 0 unspecified atom stereocenters. The Kier molecular flexibility index (Phi) is 5.13. The van der Waals surface area contributed by atoms with Gasteiger partial charge < -0.3 is 0 Å². The number of hydrogen-bond donors (Lipinski definition) is 0. The second-order valence-electron chi connectivity index (χ2n) is 8.53. The van der Waals surface area contributed by atoms with E-state index in [-0.39, 0.29) is 0 Å². The van der Waals surface area contributed by atoms with E-state index in [1.165, 1.54) is 23.1 Å². The minimum Gasteiger partial charge on any atom is -0.288 e. The van der Waals surface area contributed by atoms with E-state index in [4.69, 9.17) is 0 Å². The third-order valence-electron chi connectivity index (χ3n) is 5.96. The van der Waals surface area contributed by atoms with Crippen molar-refractivity contribution in [1.29, 1.82) is 0 Å². The van der Waals surface area contributed by atoms with Crippen molar-refractivity contribution in [2.24, 2.45) is 11.3 Å². The van der Waals surface area contributed by atoms with Crippen LogP contribution in [0, 0.1) is 11.3 Å². The summed E-state index contributed by atoms with van der Waals surface area (Å²) in [5, 5.41) is 0. The maximum Gasteiger partial charge on any atom is 0.0388 e. The van der Waals surface area contributed by atoms with Crippen molar-refractivity contribution in [3.05, 3.63) is 108 Å². The van der Waals surface area contributed by atoms with Crippen molar-refractivity contribution in [1.82, 2.24) is 4.90 Å². The van der Waals surface area contributed by atoms with Crippen LogP contribution in [0.5, 0.6) is 0 Å². The first-order valence-corrected chi connectivity index (χ1v) is 10.0. The highest BCUT2D eigenvalue weighted by molar-refractivity contribution is 5.25. The number of rotatable bonds is 7. The van der Waals surface area contributed by atoms with E-state index >= 15 is 0 Å². The molecule has 1 saturated carbocycles. The van der Waals surface area contributed by atoms with Crippen LogP contribution in [0.4, 0.5) is 0 Å². The number of benzene rings is 3. The molecule has 1 aliphatic rings. The zero-order valence-electron chi connectivity index (χ0n) is 16.4. The summed E-state index contributed by atoms with van der Waals surface area (Å²) in [5.74, 6) is 0.701. The van der Waals surface area contributed by atoms with Gasteiger partial charge in [0.1, 0.15) is 0 Å². The van der Waals surface area contributed by atoms with Crippen molar-refractivity contribution in [3.63, 3.8) is 0 Å². The molecule has 0 amide bonds. The van der Waals surface area contributed by atoms with Crippen LogP contribution < -0.4 is 0 Å². The molecule has 2 atom stereocenters. The average Bonchev–Trinajstić information content (AvgIpc) is 3.32. The molecule has 0 aliphatic heterocycles. The lowest BCUT2D eigenvalue weighted by molar-refractivity contribution is 0.147. The molecule has 27 heavy (non-hydrogen) atoms. The van der Waals surface area contributed by atoms with Gasteiger partial charge in [0.2, 0.25) is 0 Å². The van der Waals surface area contributed by atoms with Crippen molar-refractivity contribution < 1.29 is 0 Å². The molecule has 0 bridgehead atoms. The monoisotopic (exact) mass is 355 g/mol. The predicted octanol–water partition coefficient (Wildman–Crippen LogP) is 6.48. The van der Waals surface area contributed by atoms with E-state index in [9.17, 15) is 0 Å². The second kappa shape index (κ2) is 7.70. The third-order valence-corrected chi connectivity index (χ3v) is 5.96. The largest absolute Gasteiger partial charge is 0.288 e. The lowest BCUT2D eigenvalue weighted by Crippen LogP contribution is -2.30. The first-order valence-electron chi connectivity index (χ1n) is 10.0. The first-order chi connectivity index (χ1) is 13.1. The number of hydrogen-bond acceptors (Lipinski definition) is 1. The summed E-state index contributed by atoms with van der Waals surface area (Å²) >= 11 is 0. The van der Waals surface area contributed by atoms with Gasteiger partial charge in [-0.2, -0.15) is 0 Å². The van der Waals surface area contributed by atoms with Crippen LogP contribution in [0.2, 0.25) is 0 Å². The van der Waals surface area contributed by atoms with Crippen LogP contribution in [-0.4, -0.2) is 4.90 Å². The van der Waals surface area contributed by atoms with Crippen LogP contribution in [0.15, 0.2) is 91.0 Å². The fourth-order valence-electron chi connectivity index (χ4n) is 4.28. The summed E-state index contributed by atoms with van der Waals surface area (Å²) in [5.41, 5.74) is 4.63.